The molecule has 98 valence electrons. The Balaban J connectivity index is 2.46. The molecule has 6 nitrogen and oxygen atoms in total. The maximum absolute atomic E-state index is 12.3. The van der Waals surface area contributed by atoms with Crippen LogP contribution >= 0.6 is 0 Å². The molecule has 2 atom stereocenters. The molecule has 2 amide bonds. The molecule has 1 aromatic rings. The summed E-state index contributed by atoms with van der Waals surface area (Å²) in [6, 6.07) is -0.934. The van der Waals surface area contributed by atoms with E-state index in [0.29, 0.717) is 6.42 Å². The smallest absolute Gasteiger partial charge is 0.250 e. The Kier molecular flexibility index (Phi) is 3.11. The van der Waals surface area contributed by atoms with Gasteiger partial charge >= 0.3 is 0 Å². The fraction of sp³-hybridized carbons (Fsp3) is 0.583. The number of carbonyl (C=O) groups is 2. The van der Waals surface area contributed by atoms with Gasteiger partial charge in [-0.3, -0.25) is 19.2 Å². The first-order chi connectivity index (χ1) is 8.45. The summed E-state index contributed by atoms with van der Waals surface area (Å²) in [5.74, 6) is -0.189. The van der Waals surface area contributed by atoms with Crippen LogP contribution in [0, 0.1) is 6.92 Å². The summed E-state index contributed by atoms with van der Waals surface area (Å²) in [5.41, 5.74) is 1.47. The number of nitrogens with zero attached hydrogens (tertiary/aromatic N) is 3. The molecule has 2 rings (SSSR count). The number of hydrogen-bond donors (Lipinski definition) is 1. The number of amides is 2. The van der Waals surface area contributed by atoms with Gasteiger partial charge in [0.15, 0.2) is 0 Å². The number of carbonyl (C=O) groups excluding carboxylic acids is 2. The van der Waals surface area contributed by atoms with Crippen LogP contribution in [0.1, 0.15) is 26.0 Å². The van der Waals surface area contributed by atoms with Crippen LogP contribution in [0.5, 0.6) is 0 Å². The van der Waals surface area contributed by atoms with Gasteiger partial charge in [-0.15, -0.1) is 0 Å². The lowest BCUT2D eigenvalue weighted by Crippen LogP contribution is -2.62. The molecule has 18 heavy (non-hydrogen) atoms. The number of rotatable bonds is 2. The molecule has 1 fully saturated rings. The second-order valence-corrected chi connectivity index (χ2v) is 4.64. The number of hydrogen-bond acceptors (Lipinski definition) is 3. The van der Waals surface area contributed by atoms with Crippen LogP contribution in [-0.4, -0.2) is 33.7 Å². The van der Waals surface area contributed by atoms with Crippen LogP contribution in [-0.2, 0) is 16.6 Å². The molecular formula is C12H18N4O2. The zero-order valence-corrected chi connectivity index (χ0v) is 11.1. The number of anilines is 1. The molecule has 1 aliphatic heterocycles. The fourth-order valence-electron chi connectivity index (χ4n) is 2.33. The van der Waals surface area contributed by atoms with Crippen molar-refractivity contribution in [2.24, 2.45) is 7.05 Å². The highest BCUT2D eigenvalue weighted by Gasteiger charge is 2.39. The normalized spacial score (nSPS) is 24.3. The van der Waals surface area contributed by atoms with Crippen molar-refractivity contribution in [3.8, 4) is 0 Å². The van der Waals surface area contributed by atoms with Gasteiger partial charge in [0.25, 0.3) is 0 Å². The van der Waals surface area contributed by atoms with Crippen LogP contribution in [0.4, 0.5) is 5.69 Å². The fourth-order valence-corrected chi connectivity index (χ4v) is 2.33. The summed E-state index contributed by atoms with van der Waals surface area (Å²) in [6.07, 6.45) is 2.36. The van der Waals surface area contributed by atoms with Gasteiger partial charge in [-0.2, -0.15) is 5.10 Å². The third-order valence-corrected chi connectivity index (χ3v) is 3.21. The van der Waals surface area contributed by atoms with Crippen LogP contribution in [0.25, 0.3) is 0 Å². The average molecular weight is 250 g/mol. The minimum atomic E-state index is -0.486. The van der Waals surface area contributed by atoms with Crippen molar-refractivity contribution < 1.29 is 9.59 Å². The highest BCUT2D eigenvalue weighted by Crippen LogP contribution is 2.25. The first kappa shape index (κ1) is 12.6. The Morgan fingerprint density at radius 2 is 2.11 bits per heavy atom. The SMILES string of the molecule is CCC1C(=O)NC(C)C(=O)N1c1cn(C)nc1C. The number of aryl methyl sites for hydroxylation is 2. The second kappa shape index (κ2) is 4.44. The molecule has 2 heterocycles. The summed E-state index contributed by atoms with van der Waals surface area (Å²) in [4.78, 5) is 25.8. The summed E-state index contributed by atoms with van der Waals surface area (Å²) >= 11 is 0. The maximum Gasteiger partial charge on any atom is 0.250 e. The maximum atomic E-state index is 12.3. The zero-order chi connectivity index (χ0) is 13.4. The molecule has 0 bridgehead atoms. The lowest BCUT2D eigenvalue weighted by molar-refractivity contribution is -0.133. The minimum absolute atomic E-state index is 0.0856. The molecule has 0 aliphatic carbocycles. The minimum Gasteiger partial charge on any atom is -0.343 e. The molecule has 6 heteroatoms. The standard InChI is InChI=1S/C12H18N4O2/c1-5-9-11(17)13-8(3)12(18)16(9)10-6-15(4)14-7(10)2/h6,8-9H,5H2,1-4H3,(H,13,17). The number of aromatic nitrogens is 2. The van der Waals surface area contributed by atoms with Gasteiger partial charge in [0.2, 0.25) is 11.8 Å². The van der Waals surface area contributed by atoms with Gasteiger partial charge < -0.3 is 5.32 Å². The van der Waals surface area contributed by atoms with E-state index in [0.717, 1.165) is 11.4 Å². The Bertz CT molecular complexity index is 494. The predicted octanol–water partition coefficient (Wildman–Crippen LogP) is 0.358. The molecule has 0 saturated carbocycles. The van der Waals surface area contributed by atoms with Crippen molar-refractivity contribution in [1.29, 1.82) is 0 Å². The molecule has 2 unspecified atom stereocenters. The van der Waals surface area contributed by atoms with E-state index in [1.54, 1.807) is 29.7 Å². The van der Waals surface area contributed by atoms with Gasteiger partial charge in [-0.1, -0.05) is 6.92 Å². The monoisotopic (exact) mass is 250 g/mol. The number of nitrogens with one attached hydrogen (secondary N) is 1. The van der Waals surface area contributed by atoms with Crippen LogP contribution in [0.15, 0.2) is 6.20 Å². The van der Waals surface area contributed by atoms with Crippen molar-refractivity contribution in [3.63, 3.8) is 0 Å². The van der Waals surface area contributed by atoms with E-state index in [2.05, 4.69) is 10.4 Å². The predicted molar refractivity (Wildman–Crippen MR) is 67.1 cm³/mol. The van der Waals surface area contributed by atoms with E-state index >= 15 is 0 Å². The molecule has 0 radical (unpaired) electrons. The van der Waals surface area contributed by atoms with Gasteiger partial charge in [-0.25, -0.2) is 0 Å². The van der Waals surface area contributed by atoms with E-state index in [4.69, 9.17) is 0 Å². The largest absolute Gasteiger partial charge is 0.343 e. The van der Waals surface area contributed by atoms with E-state index in [1.807, 2.05) is 13.8 Å². The molecule has 1 saturated heterocycles. The first-order valence-electron chi connectivity index (χ1n) is 6.09. The molecule has 1 N–H and O–H groups in total. The Morgan fingerprint density at radius 1 is 1.44 bits per heavy atom. The van der Waals surface area contributed by atoms with Crippen molar-refractivity contribution in [3.05, 3.63) is 11.9 Å². The van der Waals surface area contributed by atoms with E-state index in [9.17, 15) is 9.59 Å². The van der Waals surface area contributed by atoms with E-state index < -0.39 is 12.1 Å². The van der Waals surface area contributed by atoms with Crippen molar-refractivity contribution >= 4 is 17.5 Å². The van der Waals surface area contributed by atoms with Crippen molar-refractivity contribution in [2.45, 2.75) is 39.3 Å². The Hall–Kier alpha value is -1.85. The van der Waals surface area contributed by atoms with Gasteiger partial charge in [0.05, 0.1) is 11.4 Å². The number of piperazine rings is 1. The second-order valence-electron chi connectivity index (χ2n) is 4.64. The summed E-state index contributed by atoms with van der Waals surface area (Å²) in [6.45, 7) is 5.43. The lowest BCUT2D eigenvalue weighted by Gasteiger charge is -2.37. The van der Waals surface area contributed by atoms with Crippen LogP contribution in [0.2, 0.25) is 0 Å². The molecule has 1 aromatic heterocycles. The summed E-state index contributed by atoms with van der Waals surface area (Å²) in [5, 5.41) is 6.93. The van der Waals surface area contributed by atoms with Crippen molar-refractivity contribution in [1.82, 2.24) is 15.1 Å². The third kappa shape index (κ3) is 1.87. The van der Waals surface area contributed by atoms with Gasteiger partial charge in [0.1, 0.15) is 12.1 Å². The highest BCUT2D eigenvalue weighted by atomic mass is 16.2. The van der Waals surface area contributed by atoms with Crippen LogP contribution < -0.4 is 10.2 Å². The quantitative estimate of drug-likeness (QED) is 0.824. The first-order valence-corrected chi connectivity index (χ1v) is 6.09. The average Bonchev–Trinajstić information content (AvgIpc) is 2.62. The Labute approximate surface area is 106 Å². The zero-order valence-electron chi connectivity index (χ0n) is 11.1. The molecule has 0 aromatic carbocycles. The Morgan fingerprint density at radius 3 is 2.61 bits per heavy atom. The lowest BCUT2D eigenvalue weighted by atomic mass is 10.0. The third-order valence-electron chi connectivity index (χ3n) is 3.21. The van der Waals surface area contributed by atoms with Gasteiger partial charge in [0, 0.05) is 13.2 Å². The van der Waals surface area contributed by atoms with E-state index in [1.165, 1.54) is 0 Å². The highest BCUT2D eigenvalue weighted by molar-refractivity contribution is 6.08. The van der Waals surface area contributed by atoms with Crippen LogP contribution in [0.3, 0.4) is 0 Å². The topological polar surface area (TPSA) is 67.2 Å². The van der Waals surface area contributed by atoms with Gasteiger partial charge in [-0.05, 0) is 20.3 Å². The molecular weight excluding hydrogens is 232 g/mol. The summed E-state index contributed by atoms with van der Waals surface area (Å²) < 4.78 is 1.65. The molecule has 1 aliphatic rings. The summed E-state index contributed by atoms with van der Waals surface area (Å²) in [7, 11) is 1.80. The van der Waals surface area contributed by atoms with Crippen molar-refractivity contribution in [2.75, 3.05) is 4.90 Å². The van der Waals surface area contributed by atoms with E-state index in [-0.39, 0.29) is 11.8 Å². The molecule has 0 spiro atoms.